The molecule has 0 N–H and O–H groups in total. The molecular formula is C52H80O3. The Balaban J connectivity index is 1.27. The fourth-order valence-corrected chi connectivity index (χ4v) is 7.70. The summed E-state index contributed by atoms with van der Waals surface area (Å²) < 4.78 is 12.1. The minimum absolute atomic E-state index is 0.0839. The number of benzene rings is 3. The average molecular weight is 753 g/mol. The number of rotatable bonds is 34. The van der Waals surface area contributed by atoms with Crippen molar-refractivity contribution < 1.29 is 14.3 Å². The summed E-state index contributed by atoms with van der Waals surface area (Å²) in [5.74, 6) is 0.385. The quantitative estimate of drug-likeness (QED) is 0.0346. The second-order valence-electron chi connectivity index (χ2n) is 16.3. The summed E-state index contributed by atoms with van der Waals surface area (Å²) >= 11 is 0. The molecule has 0 bridgehead atoms. The van der Waals surface area contributed by atoms with Crippen LogP contribution in [0.4, 0.5) is 0 Å². The maximum Gasteiger partial charge on any atom is 0.343 e. The van der Waals surface area contributed by atoms with Gasteiger partial charge in [-0.25, -0.2) is 4.79 Å². The average Bonchev–Trinajstić information content (AvgIpc) is 3.21. The Bertz CT molecular complexity index is 1340. The van der Waals surface area contributed by atoms with E-state index in [1.807, 2.05) is 42.5 Å². The van der Waals surface area contributed by atoms with E-state index in [-0.39, 0.29) is 12.1 Å². The van der Waals surface area contributed by atoms with Crippen molar-refractivity contribution in [3.8, 4) is 16.9 Å². The van der Waals surface area contributed by atoms with Gasteiger partial charge in [0.2, 0.25) is 0 Å². The Morgan fingerprint density at radius 2 is 0.873 bits per heavy atom. The number of hydrogen-bond donors (Lipinski definition) is 0. The highest BCUT2D eigenvalue weighted by molar-refractivity contribution is 5.91. The highest BCUT2D eigenvalue weighted by Crippen LogP contribution is 2.26. The third-order valence-electron chi connectivity index (χ3n) is 11.4. The Labute approximate surface area is 338 Å². The van der Waals surface area contributed by atoms with Crippen LogP contribution in [-0.2, 0) is 11.2 Å². The van der Waals surface area contributed by atoms with Gasteiger partial charge in [-0.1, -0.05) is 229 Å². The third kappa shape index (κ3) is 21.3. The highest BCUT2D eigenvalue weighted by Gasteiger charge is 2.13. The van der Waals surface area contributed by atoms with Crippen LogP contribution in [0.1, 0.15) is 222 Å². The van der Waals surface area contributed by atoms with E-state index in [0.717, 1.165) is 42.6 Å². The molecule has 0 radical (unpaired) electrons. The second-order valence-corrected chi connectivity index (χ2v) is 16.3. The normalized spacial score (nSPS) is 11.9. The molecule has 0 amide bonds. The van der Waals surface area contributed by atoms with Gasteiger partial charge in [-0.3, -0.25) is 0 Å². The maximum absolute atomic E-state index is 13.1. The zero-order valence-corrected chi connectivity index (χ0v) is 35.7. The lowest BCUT2D eigenvalue weighted by Crippen LogP contribution is -2.09. The van der Waals surface area contributed by atoms with Gasteiger partial charge in [0.05, 0.1) is 11.7 Å². The molecule has 0 aliphatic carbocycles. The summed E-state index contributed by atoms with van der Waals surface area (Å²) in [5.41, 5.74) is 5.11. The summed E-state index contributed by atoms with van der Waals surface area (Å²) in [6.45, 7) is 7.55. The minimum Gasteiger partial charge on any atom is -0.423 e. The van der Waals surface area contributed by atoms with Crippen molar-refractivity contribution in [3.05, 3.63) is 89.5 Å². The lowest BCUT2D eigenvalue weighted by atomic mass is 10.0. The molecule has 1 unspecified atom stereocenters. The van der Waals surface area contributed by atoms with Crippen LogP contribution < -0.4 is 4.74 Å². The first-order valence-electron chi connectivity index (χ1n) is 23.2. The van der Waals surface area contributed by atoms with Crippen LogP contribution in [0.3, 0.4) is 0 Å². The van der Waals surface area contributed by atoms with Crippen LogP contribution in [-0.4, -0.2) is 12.6 Å². The molecule has 3 heteroatoms. The molecular weight excluding hydrogens is 673 g/mol. The van der Waals surface area contributed by atoms with E-state index in [1.54, 1.807) is 0 Å². The van der Waals surface area contributed by atoms with Gasteiger partial charge < -0.3 is 9.47 Å². The first-order valence-corrected chi connectivity index (χ1v) is 23.2. The molecule has 0 aliphatic rings. The minimum atomic E-state index is -0.301. The fraction of sp³-hybridized carbons (Fsp3) is 0.635. The number of aryl methyl sites for hydroxylation is 1. The van der Waals surface area contributed by atoms with E-state index < -0.39 is 0 Å². The first kappa shape index (κ1) is 46.5. The summed E-state index contributed by atoms with van der Waals surface area (Å²) in [6, 6.07) is 24.5. The Hall–Kier alpha value is -2.91. The Morgan fingerprint density at radius 3 is 1.35 bits per heavy atom. The van der Waals surface area contributed by atoms with Crippen molar-refractivity contribution in [3.63, 3.8) is 0 Å². The summed E-state index contributed by atoms with van der Waals surface area (Å²) in [7, 11) is 0. The van der Waals surface area contributed by atoms with E-state index >= 15 is 0 Å². The number of esters is 1. The van der Waals surface area contributed by atoms with Gasteiger partial charge >= 0.3 is 5.97 Å². The smallest absolute Gasteiger partial charge is 0.343 e. The van der Waals surface area contributed by atoms with E-state index in [4.69, 9.17) is 9.47 Å². The van der Waals surface area contributed by atoms with Crippen LogP contribution in [0.15, 0.2) is 72.8 Å². The molecule has 0 heterocycles. The van der Waals surface area contributed by atoms with Gasteiger partial charge in [-0.05, 0) is 66.6 Å². The van der Waals surface area contributed by atoms with Gasteiger partial charge in [0, 0.05) is 6.61 Å². The molecule has 3 nitrogen and oxygen atoms in total. The van der Waals surface area contributed by atoms with Gasteiger partial charge in [-0.15, -0.1) is 0 Å². The van der Waals surface area contributed by atoms with E-state index in [2.05, 4.69) is 51.1 Å². The number of carbonyl (C=O) groups excluding carboxylic acids is 1. The van der Waals surface area contributed by atoms with Crippen molar-refractivity contribution in [2.45, 2.75) is 207 Å². The van der Waals surface area contributed by atoms with E-state index in [1.165, 1.54) is 166 Å². The van der Waals surface area contributed by atoms with Crippen molar-refractivity contribution in [2.75, 3.05) is 6.61 Å². The molecule has 3 rings (SSSR count). The highest BCUT2D eigenvalue weighted by atomic mass is 16.5. The van der Waals surface area contributed by atoms with Crippen molar-refractivity contribution in [1.82, 2.24) is 0 Å². The molecule has 55 heavy (non-hydrogen) atoms. The van der Waals surface area contributed by atoms with Gasteiger partial charge in [0.1, 0.15) is 5.75 Å². The molecule has 0 spiro atoms. The molecule has 306 valence electrons. The van der Waals surface area contributed by atoms with Crippen molar-refractivity contribution >= 4 is 5.97 Å². The number of unbranched alkanes of at least 4 members (excludes halogenated alkanes) is 25. The molecule has 1 atom stereocenters. The number of para-hydroxylation sites is 1. The Kier molecular flexibility index (Phi) is 26.4. The molecule has 3 aromatic rings. The summed E-state index contributed by atoms with van der Waals surface area (Å²) in [6.07, 6.45) is 37.8. The van der Waals surface area contributed by atoms with Crippen LogP contribution >= 0.6 is 0 Å². The topological polar surface area (TPSA) is 35.5 Å². The molecule has 0 saturated carbocycles. The van der Waals surface area contributed by atoms with E-state index in [9.17, 15) is 4.79 Å². The largest absolute Gasteiger partial charge is 0.423 e. The number of ether oxygens (including phenoxy) is 2. The van der Waals surface area contributed by atoms with E-state index in [0.29, 0.717) is 11.3 Å². The number of carbonyl (C=O) groups is 1. The standard InChI is InChI=1S/C52H80O3/c1-4-6-8-10-12-14-16-18-20-22-24-26-28-32-44-54-45(3)46-36-38-47(39-37-46)48-40-42-50(43-41-48)52(53)55-51-35-31-30-34-49(51)33-29-27-25-23-21-19-17-15-13-11-9-7-5-2/h30-31,34-43,45H,4-29,32-33,44H2,1-3H3. The molecule has 0 fully saturated rings. The lowest BCUT2D eigenvalue weighted by molar-refractivity contribution is 0.0627. The molecule has 0 saturated heterocycles. The van der Waals surface area contributed by atoms with Crippen LogP contribution in [0.2, 0.25) is 0 Å². The number of hydrogen-bond acceptors (Lipinski definition) is 3. The predicted octanol–water partition coefficient (Wildman–Crippen LogP) is 16.8. The second kappa shape index (κ2) is 31.2. The van der Waals surface area contributed by atoms with Gasteiger partial charge in [0.15, 0.2) is 0 Å². The Morgan fingerprint density at radius 1 is 0.473 bits per heavy atom. The lowest BCUT2D eigenvalue weighted by Gasteiger charge is -2.14. The summed E-state index contributed by atoms with van der Waals surface area (Å²) in [4.78, 5) is 13.1. The summed E-state index contributed by atoms with van der Waals surface area (Å²) in [5, 5.41) is 0. The molecule has 0 aliphatic heterocycles. The molecule has 0 aromatic heterocycles. The monoisotopic (exact) mass is 753 g/mol. The molecule has 3 aromatic carbocycles. The predicted molar refractivity (Wildman–Crippen MR) is 237 cm³/mol. The zero-order chi connectivity index (χ0) is 39.0. The van der Waals surface area contributed by atoms with Crippen molar-refractivity contribution in [1.29, 1.82) is 0 Å². The van der Waals surface area contributed by atoms with Gasteiger partial charge in [-0.2, -0.15) is 0 Å². The maximum atomic E-state index is 13.1. The zero-order valence-electron chi connectivity index (χ0n) is 35.7. The van der Waals surface area contributed by atoms with Gasteiger partial charge in [0.25, 0.3) is 0 Å². The SMILES string of the molecule is CCCCCCCCCCCCCCCCOC(C)c1ccc(-c2ccc(C(=O)Oc3ccccc3CCCCCCCCCCCCCCC)cc2)cc1. The van der Waals surface area contributed by atoms with Crippen LogP contribution in [0.5, 0.6) is 5.75 Å². The van der Waals surface area contributed by atoms with Crippen LogP contribution in [0, 0.1) is 0 Å². The third-order valence-corrected chi connectivity index (χ3v) is 11.4. The fourth-order valence-electron chi connectivity index (χ4n) is 7.70. The van der Waals surface area contributed by atoms with Crippen molar-refractivity contribution in [2.24, 2.45) is 0 Å². The first-order chi connectivity index (χ1) is 27.1. The van der Waals surface area contributed by atoms with Crippen LogP contribution in [0.25, 0.3) is 11.1 Å².